The molecule has 0 radical (unpaired) electrons. The van der Waals surface area contributed by atoms with Crippen molar-refractivity contribution in [2.75, 3.05) is 13.1 Å². The van der Waals surface area contributed by atoms with Gasteiger partial charge in [0.25, 0.3) is 0 Å². The monoisotopic (exact) mass is 343 g/mol. The van der Waals surface area contributed by atoms with Crippen LogP contribution in [0.15, 0.2) is 54.6 Å². The van der Waals surface area contributed by atoms with Gasteiger partial charge in [-0.15, -0.1) is 0 Å². The Morgan fingerprint density at radius 3 is 2.36 bits per heavy atom. The molecule has 2 aromatic carbocycles. The molecule has 2 amide bonds. The number of hydrogen-bond acceptors (Lipinski definition) is 3. The molecule has 0 bridgehead atoms. The van der Waals surface area contributed by atoms with Crippen LogP contribution < -0.4 is 11.1 Å². The van der Waals surface area contributed by atoms with Crippen molar-refractivity contribution in [3.63, 3.8) is 0 Å². The van der Waals surface area contributed by atoms with Gasteiger partial charge in [0.1, 0.15) is 11.9 Å². The molecular weight excluding hydrogens is 321 g/mol. The number of carbonyl (C=O) groups is 2. The number of rotatable bonds is 7. The van der Waals surface area contributed by atoms with Crippen LogP contribution in [0.25, 0.3) is 0 Å². The van der Waals surface area contributed by atoms with Crippen molar-refractivity contribution < 1.29 is 14.0 Å². The maximum Gasteiger partial charge on any atom is 0.244 e. The van der Waals surface area contributed by atoms with Gasteiger partial charge in [-0.2, -0.15) is 0 Å². The first-order valence-corrected chi connectivity index (χ1v) is 8.11. The highest BCUT2D eigenvalue weighted by Crippen LogP contribution is 2.12. The van der Waals surface area contributed by atoms with Crippen molar-refractivity contribution >= 4 is 11.8 Å². The number of benzene rings is 2. The summed E-state index contributed by atoms with van der Waals surface area (Å²) < 4.78 is 12.9. The zero-order valence-corrected chi connectivity index (χ0v) is 14.1. The predicted octanol–water partition coefficient (Wildman–Crippen LogP) is 1.99. The molecule has 2 rings (SSSR count). The number of likely N-dealkylation sites (N-methyl/N-ethyl adjacent to an activating group) is 1. The van der Waals surface area contributed by atoms with E-state index in [0.717, 1.165) is 5.56 Å². The van der Waals surface area contributed by atoms with Crippen molar-refractivity contribution in [1.29, 1.82) is 0 Å². The fraction of sp³-hybridized carbons (Fsp3) is 0.263. The molecule has 2 aromatic rings. The van der Waals surface area contributed by atoms with Gasteiger partial charge >= 0.3 is 0 Å². The van der Waals surface area contributed by atoms with Crippen LogP contribution in [0.5, 0.6) is 0 Å². The lowest BCUT2D eigenvalue weighted by molar-refractivity contribution is -0.137. The van der Waals surface area contributed by atoms with E-state index >= 15 is 0 Å². The van der Waals surface area contributed by atoms with Crippen molar-refractivity contribution in [2.24, 2.45) is 5.73 Å². The van der Waals surface area contributed by atoms with Crippen LogP contribution in [0.1, 0.15) is 24.1 Å². The Balaban J connectivity index is 1.90. The summed E-state index contributed by atoms with van der Waals surface area (Å²) in [5, 5.41) is 2.72. The predicted molar refractivity (Wildman–Crippen MR) is 93.9 cm³/mol. The number of nitrogens with two attached hydrogens (primary N) is 1. The fourth-order valence-corrected chi connectivity index (χ4v) is 2.38. The lowest BCUT2D eigenvalue weighted by Gasteiger charge is -2.24. The molecule has 0 aromatic heterocycles. The van der Waals surface area contributed by atoms with Crippen LogP contribution in [0.4, 0.5) is 4.39 Å². The van der Waals surface area contributed by atoms with Gasteiger partial charge in [-0.25, -0.2) is 4.39 Å². The van der Waals surface area contributed by atoms with Gasteiger partial charge in [-0.05, 0) is 30.2 Å². The minimum atomic E-state index is -0.800. The lowest BCUT2D eigenvalue weighted by Crippen LogP contribution is -2.44. The van der Waals surface area contributed by atoms with Gasteiger partial charge in [0.2, 0.25) is 11.8 Å². The molecule has 0 fully saturated rings. The summed E-state index contributed by atoms with van der Waals surface area (Å²) in [6, 6.07) is 14.1. The van der Waals surface area contributed by atoms with Gasteiger partial charge in [-0.3, -0.25) is 9.59 Å². The van der Waals surface area contributed by atoms with Crippen LogP contribution >= 0.6 is 0 Å². The van der Waals surface area contributed by atoms with Crippen molar-refractivity contribution in [1.82, 2.24) is 10.2 Å². The van der Waals surface area contributed by atoms with Crippen LogP contribution in [0.2, 0.25) is 0 Å². The Morgan fingerprint density at radius 1 is 1.12 bits per heavy atom. The van der Waals surface area contributed by atoms with E-state index in [-0.39, 0.29) is 30.7 Å². The Bertz CT molecular complexity index is 704. The maximum atomic E-state index is 12.9. The molecule has 0 heterocycles. The summed E-state index contributed by atoms with van der Waals surface area (Å²) >= 11 is 0. The summed E-state index contributed by atoms with van der Waals surface area (Å²) in [6.45, 7) is 2.37. The summed E-state index contributed by atoms with van der Waals surface area (Å²) in [5.41, 5.74) is 7.50. The Labute approximate surface area is 146 Å². The molecule has 0 aliphatic heterocycles. The largest absolute Gasteiger partial charge is 0.350 e. The summed E-state index contributed by atoms with van der Waals surface area (Å²) in [7, 11) is 0. The van der Waals surface area contributed by atoms with E-state index in [1.54, 1.807) is 31.2 Å². The SMILES string of the molecule is CCN(CC(=O)NCc1ccc(F)cc1)C(=O)C(N)c1ccccc1. The van der Waals surface area contributed by atoms with Gasteiger partial charge in [-0.1, -0.05) is 42.5 Å². The molecule has 132 valence electrons. The third kappa shape index (κ3) is 5.39. The van der Waals surface area contributed by atoms with Crippen molar-refractivity contribution in [2.45, 2.75) is 19.5 Å². The summed E-state index contributed by atoms with van der Waals surface area (Å²) in [4.78, 5) is 26.0. The second-order valence-corrected chi connectivity index (χ2v) is 5.64. The van der Waals surface area contributed by atoms with Crippen LogP contribution in [0, 0.1) is 5.82 Å². The molecule has 0 aliphatic rings. The molecule has 0 saturated carbocycles. The Hall–Kier alpha value is -2.73. The minimum Gasteiger partial charge on any atom is -0.350 e. The minimum absolute atomic E-state index is 0.0724. The average molecular weight is 343 g/mol. The number of carbonyl (C=O) groups excluding carboxylic acids is 2. The van der Waals surface area contributed by atoms with E-state index in [1.165, 1.54) is 17.0 Å². The molecule has 25 heavy (non-hydrogen) atoms. The molecule has 3 N–H and O–H groups in total. The van der Waals surface area contributed by atoms with E-state index in [1.807, 2.05) is 18.2 Å². The average Bonchev–Trinajstić information content (AvgIpc) is 2.65. The van der Waals surface area contributed by atoms with E-state index in [9.17, 15) is 14.0 Å². The zero-order valence-electron chi connectivity index (χ0n) is 14.1. The third-order valence-corrected chi connectivity index (χ3v) is 3.86. The normalized spacial score (nSPS) is 11.6. The van der Waals surface area contributed by atoms with Gasteiger partial charge in [0, 0.05) is 13.1 Å². The molecule has 6 heteroatoms. The fourth-order valence-electron chi connectivity index (χ4n) is 2.38. The molecule has 5 nitrogen and oxygen atoms in total. The third-order valence-electron chi connectivity index (χ3n) is 3.86. The maximum absolute atomic E-state index is 12.9. The zero-order chi connectivity index (χ0) is 18.2. The quantitative estimate of drug-likeness (QED) is 0.807. The number of hydrogen-bond donors (Lipinski definition) is 2. The number of halogens is 1. The second kappa shape index (κ2) is 8.94. The highest BCUT2D eigenvalue weighted by Gasteiger charge is 2.23. The highest BCUT2D eigenvalue weighted by atomic mass is 19.1. The summed E-state index contributed by atoms with van der Waals surface area (Å²) in [6.07, 6.45) is 0. The first kappa shape index (κ1) is 18.6. The first-order valence-electron chi connectivity index (χ1n) is 8.11. The molecule has 1 unspecified atom stereocenters. The van der Waals surface area contributed by atoms with Gasteiger partial charge in [0.15, 0.2) is 0 Å². The van der Waals surface area contributed by atoms with Crippen LogP contribution in [0.3, 0.4) is 0 Å². The highest BCUT2D eigenvalue weighted by molar-refractivity contribution is 5.88. The molecule has 0 aliphatic carbocycles. The topological polar surface area (TPSA) is 75.4 Å². The standard InChI is InChI=1S/C19H22FN3O2/c1-2-23(19(25)18(21)15-6-4-3-5-7-15)13-17(24)22-12-14-8-10-16(20)11-9-14/h3-11,18H,2,12-13,21H2,1H3,(H,22,24). The van der Waals surface area contributed by atoms with E-state index < -0.39 is 6.04 Å². The van der Waals surface area contributed by atoms with E-state index in [0.29, 0.717) is 12.1 Å². The molecule has 1 atom stereocenters. The van der Waals surface area contributed by atoms with E-state index in [2.05, 4.69) is 5.32 Å². The first-order chi connectivity index (χ1) is 12.0. The Kier molecular flexibility index (Phi) is 6.65. The molecule has 0 saturated heterocycles. The number of amides is 2. The van der Waals surface area contributed by atoms with Gasteiger partial charge in [0.05, 0.1) is 6.54 Å². The van der Waals surface area contributed by atoms with E-state index in [4.69, 9.17) is 5.73 Å². The van der Waals surface area contributed by atoms with Crippen molar-refractivity contribution in [3.8, 4) is 0 Å². The second-order valence-electron chi connectivity index (χ2n) is 5.64. The smallest absolute Gasteiger partial charge is 0.244 e. The van der Waals surface area contributed by atoms with Crippen LogP contribution in [-0.2, 0) is 16.1 Å². The lowest BCUT2D eigenvalue weighted by atomic mass is 10.1. The number of nitrogens with one attached hydrogen (secondary N) is 1. The van der Waals surface area contributed by atoms with Gasteiger partial charge < -0.3 is 16.0 Å². The number of nitrogens with zero attached hydrogens (tertiary/aromatic N) is 1. The Morgan fingerprint density at radius 2 is 1.76 bits per heavy atom. The molecule has 0 spiro atoms. The molecular formula is C19H22FN3O2. The summed E-state index contributed by atoms with van der Waals surface area (Å²) in [5.74, 6) is -0.918. The van der Waals surface area contributed by atoms with Crippen LogP contribution in [-0.4, -0.2) is 29.8 Å². The van der Waals surface area contributed by atoms with Crippen molar-refractivity contribution in [3.05, 3.63) is 71.5 Å².